The monoisotopic (exact) mass is 292 g/mol. The number of rotatable bonds is 3. The van der Waals surface area contributed by atoms with Gasteiger partial charge in [0.1, 0.15) is 10.0 Å². The summed E-state index contributed by atoms with van der Waals surface area (Å²) < 4.78 is 31.2. The molecule has 0 bridgehead atoms. The van der Waals surface area contributed by atoms with Crippen LogP contribution in [-0.2, 0) is 14.8 Å². The predicted molar refractivity (Wildman–Crippen MR) is 64.8 cm³/mol. The lowest BCUT2D eigenvalue weighted by atomic mass is 10.3. The quantitative estimate of drug-likeness (QED) is 0.800. The first kappa shape index (κ1) is 13.7. The number of ether oxygens (including phenoxy) is 1. The highest BCUT2D eigenvalue weighted by Gasteiger charge is 2.35. The third-order valence-corrected chi connectivity index (χ3v) is 5.09. The minimum absolute atomic E-state index is 0.0491. The van der Waals surface area contributed by atoms with E-state index in [4.69, 9.17) is 16.3 Å². The molecule has 8 heteroatoms. The van der Waals surface area contributed by atoms with Crippen molar-refractivity contribution in [3.05, 3.63) is 23.5 Å². The summed E-state index contributed by atoms with van der Waals surface area (Å²) in [6.45, 7) is 0.372. The highest BCUT2D eigenvalue weighted by molar-refractivity contribution is 7.89. The Morgan fingerprint density at radius 2 is 2.39 bits per heavy atom. The molecule has 0 amide bonds. The molecule has 1 aromatic heterocycles. The molecule has 1 aliphatic rings. The van der Waals surface area contributed by atoms with E-state index in [0.717, 1.165) is 0 Å². The van der Waals surface area contributed by atoms with Gasteiger partial charge in [0, 0.05) is 12.7 Å². The number of hydrogen-bond acceptors (Lipinski definition) is 5. The maximum atomic E-state index is 12.4. The summed E-state index contributed by atoms with van der Waals surface area (Å²) >= 11 is 5.81. The molecule has 2 heterocycles. The van der Waals surface area contributed by atoms with Crippen LogP contribution >= 0.6 is 11.6 Å². The highest BCUT2D eigenvalue weighted by Crippen LogP contribution is 2.24. The van der Waals surface area contributed by atoms with E-state index >= 15 is 0 Å². The highest BCUT2D eigenvalue weighted by atomic mass is 35.5. The van der Waals surface area contributed by atoms with Gasteiger partial charge in [-0.15, -0.1) is 0 Å². The summed E-state index contributed by atoms with van der Waals surface area (Å²) in [7, 11) is -3.76. The van der Waals surface area contributed by atoms with Gasteiger partial charge in [-0.1, -0.05) is 11.6 Å². The van der Waals surface area contributed by atoms with Crippen LogP contribution in [0.1, 0.15) is 0 Å². The Morgan fingerprint density at radius 3 is 3.06 bits per heavy atom. The molecule has 18 heavy (non-hydrogen) atoms. The lowest BCUT2D eigenvalue weighted by molar-refractivity contribution is 0.0109. The molecule has 100 valence electrons. The summed E-state index contributed by atoms with van der Waals surface area (Å²) in [5.41, 5.74) is 0. The van der Waals surface area contributed by atoms with Crippen LogP contribution in [0.25, 0.3) is 0 Å². The zero-order valence-electron chi connectivity index (χ0n) is 9.49. The Kier molecular flexibility index (Phi) is 4.18. The lowest BCUT2D eigenvalue weighted by Gasteiger charge is -2.33. The van der Waals surface area contributed by atoms with Gasteiger partial charge in [0.2, 0.25) is 10.0 Å². The molecule has 1 fully saturated rings. The molecule has 0 saturated carbocycles. The maximum absolute atomic E-state index is 12.4. The van der Waals surface area contributed by atoms with E-state index in [0.29, 0.717) is 6.61 Å². The van der Waals surface area contributed by atoms with Gasteiger partial charge in [-0.25, -0.2) is 13.4 Å². The molecule has 1 N–H and O–H groups in total. The Hall–Kier alpha value is -0.730. The maximum Gasteiger partial charge on any atom is 0.246 e. The van der Waals surface area contributed by atoms with Gasteiger partial charge in [-0.3, -0.25) is 0 Å². The second-order valence-corrected chi connectivity index (χ2v) is 6.04. The van der Waals surface area contributed by atoms with Crippen LogP contribution in [0.15, 0.2) is 23.2 Å². The summed E-state index contributed by atoms with van der Waals surface area (Å²) in [6, 6.07) is 2.32. The molecule has 0 spiro atoms. The van der Waals surface area contributed by atoms with Gasteiger partial charge in [0.25, 0.3) is 0 Å². The molecule has 1 unspecified atom stereocenters. The van der Waals surface area contributed by atoms with Gasteiger partial charge >= 0.3 is 0 Å². The minimum Gasteiger partial charge on any atom is -0.395 e. The molecule has 0 aliphatic carbocycles. The summed E-state index contributed by atoms with van der Waals surface area (Å²) in [4.78, 5) is 3.71. The van der Waals surface area contributed by atoms with Gasteiger partial charge in [0.15, 0.2) is 0 Å². The van der Waals surface area contributed by atoms with E-state index in [1.807, 2.05) is 0 Å². The van der Waals surface area contributed by atoms with Crippen molar-refractivity contribution in [2.45, 2.75) is 10.9 Å². The smallest absolute Gasteiger partial charge is 0.246 e. The first-order valence-electron chi connectivity index (χ1n) is 5.38. The van der Waals surface area contributed by atoms with E-state index in [2.05, 4.69) is 4.98 Å². The van der Waals surface area contributed by atoms with Crippen LogP contribution in [0.4, 0.5) is 0 Å². The Labute approximate surface area is 110 Å². The fourth-order valence-corrected chi connectivity index (χ4v) is 3.81. The van der Waals surface area contributed by atoms with Crippen molar-refractivity contribution in [3.63, 3.8) is 0 Å². The van der Waals surface area contributed by atoms with Crippen molar-refractivity contribution < 1.29 is 18.3 Å². The molecular formula is C10H13ClN2O4S. The van der Waals surface area contributed by atoms with E-state index in [-0.39, 0.29) is 29.8 Å². The number of sulfonamides is 1. The average Bonchev–Trinajstić information content (AvgIpc) is 2.39. The van der Waals surface area contributed by atoms with E-state index in [1.54, 1.807) is 0 Å². The van der Waals surface area contributed by atoms with Crippen LogP contribution in [0.3, 0.4) is 0 Å². The van der Waals surface area contributed by atoms with Crippen molar-refractivity contribution in [2.24, 2.45) is 0 Å². The number of aliphatic hydroxyl groups is 1. The van der Waals surface area contributed by atoms with Gasteiger partial charge in [0.05, 0.1) is 25.9 Å². The van der Waals surface area contributed by atoms with Crippen molar-refractivity contribution in [2.75, 3.05) is 26.4 Å². The van der Waals surface area contributed by atoms with Gasteiger partial charge in [-0.05, 0) is 12.1 Å². The number of aromatic nitrogens is 1. The number of hydrogen-bond donors (Lipinski definition) is 1. The minimum atomic E-state index is -3.76. The van der Waals surface area contributed by atoms with Gasteiger partial charge in [-0.2, -0.15) is 4.31 Å². The number of halogens is 1. The largest absolute Gasteiger partial charge is 0.395 e. The number of pyridine rings is 1. The average molecular weight is 293 g/mol. The first-order chi connectivity index (χ1) is 8.57. The van der Waals surface area contributed by atoms with Crippen LogP contribution < -0.4 is 0 Å². The van der Waals surface area contributed by atoms with Crippen LogP contribution in [0.5, 0.6) is 0 Å². The normalized spacial score (nSPS) is 22.0. The number of nitrogens with zero attached hydrogens (tertiary/aromatic N) is 2. The van der Waals surface area contributed by atoms with Crippen LogP contribution in [0, 0.1) is 0 Å². The van der Waals surface area contributed by atoms with Crippen molar-refractivity contribution in [3.8, 4) is 0 Å². The molecule has 6 nitrogen and oxygen atoms in total. The third kappa shape index (κ3) is 2.50. The molecule has 1 aliphatic heterocycles. The van der Waals surface area contributed by atoms with Crippen molar-refractivity contribution in [1.29, 1.82) is 0 Å². The van der Waals surface area contributed by atoms with E-state index in [9.17, 15) is 13.5 Å². The predicted octanol–water partition coefficient (Wildman–Crippen LogP) is 0.117. The topological polar surface area (TPSA) is 79.7 Å². The standard InChI is InChI=1S/C10H13ClN2O4S/c11-10-9(2-1-3-12-10)18(15,16)13-4-5-17-7-8(13)6-14/h1-3,8,14H,4-7H2. The lowest BCUT2D eigenvalue weighted by Crippen LogP contribution is -2.50. The second-order valence-electron chi connectivity index (χ2n) is 3.82. The fraction of sp³-hybridized carbons (Fsp3) is 0.500. The van der Waals surface area contributed by atoms with Gasteiger partial charge < -0.3 is 9.84 Å². The summed E-state index contributed by atoms with van der Waals surface area (Å²) in [5.74, 6) is 0. The Morgan fingerprint density at radius 1 is 1.61 bits per heavy atom. The van der Waals surface area contributed by atoms with Crippen LogP contribution in [0.2, 0.25) is 5.15 Å². The van der Waals surface area contributed by atoms with Crippen molar-refractivity contribution in [1.82, 2.24) is 9.29 Å². The molecule has 2 rings (SSSR count). The Bertz CT molecular complexity index is 522. The fourth-order valence-electron chi connectivity index (χ4n) is 1.79. The number of aliphatic hydroxyl groups excluding tert-OH is 1. The summed E-state index contributed by atoms with van der Waals surface area (Å²) in [5, 5.41) is 9.14. The molecule has 0 aromatic carbocycles. The van der Waals surface area contributed by atoms with E-state index < -0.39 is 16.1 Å². The molecule has 0 radical (unpaired) electrons. The second kappa shape index (κ2) is 5.50. The van der Waals surface area contributed by atoms with Crippen molar-refractivity contribution >= 4 is 21.6 Å². The number of morpholine rings is 1. The molecule has 1 atom stereocenters. The van der Waals surface area contributed by atoms with E-state index in [1.165, 1.54) is 22.6 Å². The SMILES string of the molecule is O=S(=O)(c1cccnc1Cl)N1CCOCC1CO. The van der Waals surface area contributed by atoms with Crippen LogP contribution in [-0.4, -0.2) is 55.2 Å². The third-order valence-electron chi connectivity index (χ3n) is 2.70. The first-order valence-corrected chi connectivity index (χ1v) is 7.20. The zero-order chi connectivity index (χ0) is 13.2. The Balaban J connectivity index is 2.39. The molecule has 1 saturated heterocycles. The summed E-state index contributed by atoms with van der Waals surface area (Å²) in [6.07, 6.45) is 1.42. The molecular weight excluding hydrogens is 280 g/mol. The molecule has 1 aromatic rings. The zero-order valence-corrected chi connectivity index (χ0v) is 11.1.